The lowest BCUT2D eigenvalue weighted by Crippen LogP contribution is -2.14. The molecule has 2 aromatic heterocycles. The minimum Gasteiger partial charge on any atom is -0.310 e. The lowest BCUT2D eigenvalue weighted by atomic mass is 9.82. The molecule has 0 saturated carbocycles. The van der Waals surface area contributed by atoms with E-state index in [4.69, 9.17) is 15.0 Å². The molecule has 0 bridgehead atoms. The highest BCUT2D eigenvalue weighted by Gasteiger charge is 2.36. The largest absolute Gasteiger partial charge is 0.310 e. The first kappa shape index (κ1) is 30.9. The first-order valence-corrected chi connectivity index (χ1v) is 18.0. The van der Waals surface area contributed by atoms with Crippen molar-refractivity contribution >= 4 is 38.9 Å². The Bertz CT molecular complexity index is 2690. The molecule has 5 heteroatoms. The highest BCUT2D eigenvalue weighted by molar-refractivity contribution is 6.12. The van der Waals surface area contributed by atoms with Gasteiger partial charge in [-0.15, -0.1) is 0 Å². The van der Waals surface area contributed by atoms with Gasteiger partial charge >= 0.3 is 0 Å². The van der Waals surface area contributed by atoms with Crippen LogP contribution in [0.4, 0.5) is 17.1 Å². The van der Waals surface area contributed by atoms with E-state index in [1.807, 2.05) is 36.4 Å². The minimum atomic E-state index is -0.139. The number of rotatable bonds is 6. The predicted octanol–water partition coefficient (Wildman–Crippen LogP) is 12.1. The van der Waals surface area contributed by atoms with Gasteiger partial charge in [0.15, 0.2) is 11.6 Å². The number of hydrogen-bond acceptors (Lipinski definition) is 4. The van der Waals surface area contributed by atoms with Gasteiger partial charge in [0.05, 0.1) is 11.0 Å². The van der Waals surface area contributed by atoms with Gasteiger partial charge in [0.1, 0.15) is 0 Å². The molecule has 7 aromatic carbocycles. The van der Waals surface area contributed by atoms with Crippen LogP contribution in [0.15, 0.2) is 176 Å². The van der Waals surface area contributed by atoms with E-state index in [0.29, 0.717) is 17.6 Å². The molecule has 1 aliphatic rings. The van der Waals surface area contributed by atoms with E-state index in [-0.39, 0.29) is 5.41 Å². The van der Waals surface area contributed by atoms with Crippen molar-refractivity contribution in [3.05, 3.63) is 187 Å². The fourth-order valence-electron chi connectivity index (χ4n) is 8.05. The van der Waals surface area contributed by atoms with E-state index in [0.717, 1.165) is 44.6 Å². The summed E-state index contributed by atoms with van der Waals surface area (Å²) in [6.45, 7) is 4.67. The molecule has 2 heterocycles. The Morgan fingerprint density at radius 3 is 1.57 bits per heavy atom. The topological polar surface area (TPSA) is 46.8 Å². The summed E-state index contributed by atoms with van der Waals surface area (Å²) in [5.74, 6) is 1.83. The number of fused-ring (bicyclic) bond motifs is 6. The van der Waals surface area contributed by atoms with Gasteiger partial charge in [-0.1, -0.05) is 141 Å². The van der Waals surface area contributed by atoms with E-state index in [2.05, 4.69) is 163 Å². The van der Waals surface area contributed by atoms with Crippen molar-refractivity contribution < 1.29 is 0 Å². The number of benzene rings is 7. The molecule has 0 amide bonds. The normalized spacial score (nSPS) is 12.9. The van der Waals surface area contributed by atoms with Crippen LogP contribution in [0.25, 0.3) is 61.7 Å². The van der Waals surface area contributed by atoms with Gasteiger partial charge in [-0.25, -0.2) is 4.98 Å². The molecule has 0 N–H and O–H groups in total. The highest BCUT2D eigenvalue weighted by atomic mass is 15.2. The van der Waals surface area contributed by atoms with Gasteiger partial charge in [0, 0.05) is 44.4 Å². The quantitative estimate of drug-likeness (QED) is 0.175. The van der Waals surface area contributed by atoms with Crippen LogP contribution in [0.5, 0.6) is 0 Å². The van der Waals surface area contributed by atoms with Crippen molar-refractivity contribution in [2.75, 3.05) is 4.90 Å². The fourth-order valence-corrected chi connectivity index (χ4v) is 8.05. The molecular formula is C48H35N5. The second-order valence-corrected chi connectivity index (χ2v) is 14.1. The van der Waals surface area contributed by atoms with E-state index < -0.39 is 0 Å². The Hall–Kier alpha value is -6.85. The van der Waals surface area contributed by atoms with Gasteiger partial charge in [0.25, 0.3) is 0 Å². The molecule has 10 rings (SSSR count). The third-order valence-corrected chi connectivity index (χ3v) is 10.6. The van der Waals surface area contributed by atoms with E-state index in [1.165, 1.54) is 27.6 Å². The molecule has 5 nitrogen and oxygen atoms in total. The third-order valence-electron chi connectivity index (χ3n) is 10.6. The van der Waals surface area contributed by atoms with Gasteiger partial charge in [0.2, 0.25) is 5.95 Å². The van der Waals surface area contributed by atoms with E-state index in [1.54, 1.807) is 0 Å². The summed E-state index contributed by atoms with van der Waals surface area (Å²) >= 11 is 0. The van der Waals surface area contributed by atoms with Crippen LogP contribution in [0.2, 0.25) is 0 Å². The Balaban J connectivity index is 1.30. The molecule has 0 radical (unpaired) electrons. The molecule has 0 spiro atoms. The van der Waals surface area contributed by atoms with Crippen LogP contribution in [0, 0.1) is 0 Å². The second kappa shape index (κ2) is 12.1. The maximum atomic E-state index is 5.26. The Labute approximate surface area is 308 Å². The van der Waals surface area contributed by atoms with Crippen molar-refractivity contribution in [1.29, 1.82) is 0 Å². The third kappa shape index (κ3) is 5.04. The van der Waals surface area contributed by atoms with Crippen molar-refractivity contribution in [3.63, 3.8) is 0 Å². The van der Waals surface area contributed by atoms with Crippen LogP contribution in [0.1, 0.15) is 25.0 Å². The van der Waals surface area contributed by atoms with Gasteiger partial charge in [-0.2, -0.15) is 9.97 Å². The SMILES string of the molecule is CC1(C)c2ccccc2-c2cc3c(cc21)c1ccc(N(c2ccccc2)c2ccccc2)cc1n3-c1nc(-c2ccccc2)nc(-c2ccccc2)n1. The van der Waals surface area contributed by atoms with E-state index >= 15 is 0 Å². The van der Waals surface area contributed by atoms with Crippen LogP contribution in [0.3, 0.4) is 0 Å². The van der Waals surface area contributed by atoms with Crippen molar-refractivity contribution in [1.82, 2.24) is 19.5 Å². The summed E-state index contributed by atoms with van der Waals surface area (Å²) in [5.41, 5.74) is 12.2. The van der Waals surface area contributed by atoms with Crippen molar-refractivity contribution in [2.24, 2.45) is 0 Å². The molecule has 0 atom stereocenters. The van der Waals surface area contributed by atoms with Crippen LogP contribution in [-0.4, -0.2) is 19.5 Å². The van der Waals surface area contributed by atoms with Crippen LogP contribution >= 0.6 is 0 Å². The minimum absolute atomic E-state index is 0.139. The molecular weight excluding hydrogens is 647 g/mol. The summed E-state index contributed by atoms with van der Waals surface area (Å²) < 4.78 is 2.25. The van der Waals surface area contributed by atoms with Crippen LogP contribution in [-0.2, 0) is 5.41 Å². The smallest absolute Gasteiger partial charge is 0.238 e. The molecule has 252 valence electrons. The zero-order chi connectivity index (χ0) is 35.5. The summed E-state index contributed by atoms with van der Waals surface area (Å²) in [5, 5.41) is 2.31. The zero-order valence-corrected chi connectivity index (χ0v) is 29.5. The second-order valence-electron chi connectivity index (χ2n) is 14.1. The number of nitrogens with zero attached hydrogens (tertiary/aromatic N) is 5. The fraction of sp³-hybridized carbons (Fsp3) is 0.0625. The first-order valence-electron chi connectivity index (χ1n) is 18.0. The molecule has 1 aliphatic carbocycles. The average Bonchev–Trinajstić information content (AvgIpc) is 3.65. The Morgan fingerprint density at radius 2 is 0.962 bits per heavy atom. The number of aromatic nitrogens is 4. The number of para-hydroxylation sites is 2. The maximum absolute atomic E-state index is 5.26. The summed E-state index contributed by atoms with van der Waals surface area (Å²) in [6.07, 6.45) is 0. The summed E-state index contributed by atoms with van der Waals surface area (Å²) in [6, 6.07) is 61.8. The van der Waals surface area contributed by atoms with Gasteiger partial charge < -0.3 is 4.90 Å². The monoisotopic (exact) mass is 681 g/mol. The number of anilines is 3. The Kier molecular flexibility index (Phi) is 7.08. The lowest BCUT2D eigenvalue weighted by Gasteiger charge is -2.25. The van der Waals surface area contributed by atoms with E-state index in [9.17, 15) is 0 Å². The standard InChI is InChI=1S/C48H35N5/c1-48(2)41-26-16-15-25-37(41)39-31-44-40(30-42(39)48)38-28-27-36(52(34-21-11-5-12-22-34)35-23-13-6-14-24-35)29-43(38)53(44)47-50-45(32-17-7-3-8-18-32)49-46(51-47)33-19-9-4-10-20-33/h3-31H,1-2H3. The molecule has 9 aromatic rings. The zero-order valence-electron chi connectivity index (χ0n) is 29.5. The van der Waals surface area contributed by atoms with Crippen LogP contribution < -0.4 is 4.90 Å². The lowest BCUT2D eigenvalue weighted by molar-refractivity contribution is 0.661. The van der Waals surface area contributed by atoms with Gasteiger partial charge in [-0.3, -0.25) is 4.57 Å². The molecule has 0 fully saturated rings. The molecule has 53 heavy (non-hydrogen) atoms. The average molecular weight is 682 g/mol. The van der Waals surface area contributed by atoms with Crippen molar-refractivity contribution in [2.45, 2.75) is 19.3 Å². The molecule has 0 aliphatic heterocycles. The maximum Gasteiger partial charge on any atom is 0.238 e. The Morgan fingerprint density at radius 1 is 0.434 bits per heavy atom. The van der Waals surface area contributed by atoms with Gasteiger partial charge in [-0.05, 0) is 70.8 Å². The summed E-state index contributed by atoms with van der Waals surface area (Å²) in [4.78, 5) is 17.8. The number of hydrogen-bond donors (Lipinski definition) is 0. The highest BCUT2D eigenvalue weighted by Crippen LogP contribution is 2.51. The molecule has 0 saturated heterocycles. The van der Waals surface area contributed by atoms with Crippen molar-refractivity contribution in [3.8, 4) is 39.9 Å². The summed E-state index contributed by atoms with van der Waals surface area (Å²) in [7, 11) is 0. The predicted molar refractivity (Wildman–Crippen MR) is 217 cm³/mol. The first-order chi connectivity index (χ1) is 26.0. The molecule has 0 unspecified atom stereocenters.